The molecule has 0 fully saturated rings. The monoisotopic (exact) mass is 464 g/mol. The summed E-state index contributed by atoms with van der Waals surface area (Å²) >= 11 is 9.18. The highest BCUT2D eigenvalue weighted by Gasteiger charge is 2.14. The van der Waals surface area contributed by atoms with Gasteiger partial charge in [0.1, 0.15) is 0 Å². The zero-order valence-electron chi connectivity index (χ0n) is 13.8. The Bertz CT molecular complexity index is 1070. The molecule has 1 amide bonds. The molecule has 0 atom stereocenters. The fourth-order valence-corrected chi connectivity index (χ4v) is 3.80. The molecule has 2 N–H and O–H groups in total. The summed E-state index contributed by atoms with van der Waals surface area (Å²) in [6.45, 7) is 0. The predicted octanol–water partition coefficient (Wildman–Crippen LogP) is 5.16. The number of benzene rings is 3. The quantitative estimate of drug-likeness (QED) is 0.547. The van der Waals surface area contributed by atoms with Crippen molar-refractivity contribution in [2.75, 3.05) is 10.0 Å². The van der Waals surface area contributed by atoms with Gasteiger partial charge in [-0.2, -0.15) is 0 Å². The molecular weight excluding hydrogens is 452 g/mol. The fraction of sp³-hybridized carbons (Fsp3) is 0. The number of halogens is 2. The fourth-order valence-electron chi connectivity index (χ4n) is 2.28. The molecule has 0 saturated carbocycles. The van der Waals surface area contributed by atoms with Gasteiger partial charge in [-0.05, 0) is 66.7 Å². The molecule has 5 nitrogen and oxygen atoms in total. The first kappa shape index (κ1) is 19.4. The lowest BCUT2D eigenvalue weighted by molar-refractivity contribution is 0.102. The van der Waals surface area contributed by atoms with E-state index >= 15 is 0 Å². The van der Waals surface area contributed by atoms with E-state index < -0.39 is 10.0 Å². The van der Waals surface area contributed by atoms with Gasteiger partial charge >= 0.3 is 0 Å². The molecule has 0 heterocycles. The largest absolute Gasteiger partial charge is 0.322 e. The van der Waals surface area contributed by atoms with Crippen LogP contribution in [0.4, 0.5) is 11.4 Å². The highest BCUT2D eigenvalue weighted by atomic mass is 79.9. The van der Waals surface area contributed by atoms with E-state index in [2.05, 4.69) is 26.0 Å². The van der Waals surface area contributed by atoms with Crippen molar-refractivity contribution in [2.45, 2.75) is 4.90 Å². The number of carbonyl (C=O) groups is 1. The van der Waals surface area contributed by atoms with Gasteiger partial charge in [-0.15, -0.1) is 0 Å². The van der Waals surface area contributed by atoms with Crippen molar-refractivity contribution in [2.24, 2.45) is 0 Å². The number of hydrogen-bond acceptors (Lipinski definition) is 3. The molecule has 3 aromatic carbocycles. The third kappa shape index (κ3) is 5.09. The minimum Gasteiger partial charge on any atom is -0.322 e. The van der Waals surface area contributed by atoms with Crippen molar-refractivity contribution in [3.05, 3.63) is 87.9 Å². The van der Waals surface area contributed by atoms with E-state index in [9.17, 15) is 13.2 Å². The molecule has 27 heavy (non-hydrogen) atoms. The average Bonchev–Trinajstić information content (AvgIpc) is 2.64. The van der Waals surface area contributed by atoms with Crippen LogP contribution in [0.25, 0.3) is 0 Å². The Morgan fingerprint density at radius 2 is 1.52 bits per heavy atom. The first-order valence-corrected chi connectivity index (χ1v) is 10.4. The Morgan fingerprint density at radius 3 is 2.15 bits per heavy atom. The summed E-state index contributed by atoms with van der Waals surface area (Å²) in [4.78, 5) is 12.3. The Morgan fingerprint density at radius 1 is 0.889 bits per heavy atom. The van der Waals surface area contributed by atoms with Gasteiger partial charge < -0.3 is 5.32 Å². The summed E-state index contributed by atoms with van der Waals surface area (Å²) in [5, 5.41) is 3.16. The second kappa shape index (κ2) is 8.12. The van der Waals surface area contributed by atoms with E-state index in [1.54, 1.807) is 48.5 Å². The van der Waals surface area contributed by atoms with Crippen LogP contribution in [0.2, 0.25) is 5.02 Å². The van der Waals surface area contributed by atoms with Crippen LogP contribution in [0.5, 0.6) is 0 Å². The summed E-state index contributed by atoms with van der Waals surface area (Å²) in [6.07, 6.45) is 0. The van der Waals surface area contributed by atoms with Crippen LogP contribution in [0.15, 0.2) is 82.2 Å². The molecule has 0 saturated heterocycles. The molecule has 3 aromatic rings. The number of rotatable bonds is 5. The third-order valence-corrected chi connectivity index (χ3v) is 5.77. The van der Waals surface area contributed by atoms with E-state index in [1.165, 1.54) is 24.3 Å². The minimum absolute atomic E-state index is 0.0890. The topological polar surface area (TPSA) is 75.3 Å². The molecule has 0 aromatic heterocycles. The molecule has 0 unspecified atom stereocenters. The van der Waals surface area contributed by atoms with Crippen molar-refractivity contribution in [3.8, 4) is 0 Å². The van der Waals surface area contributed by atoms with Crippen LogP contribution in [0, 0.1) is 0 Å². The van der Waals surface area contributed by atoms with Crippen LogP contribution in [0.1, 0.15) is 10.4 Å². The van der Waals surface area contributed by atoms with Crippen molar-refractivity contribution < 1.29 is 13.2 Å². The Hall–Kier alpha value is -2.35. The number of carbonyl (C=O) groups excluding carboxylic acids is 1. The predicted molar refractivity (Wildman–Crippen MR) is 111 cm³/mol. The standard InChI is InChI=1S/C19H14BrClN2O3S/c20-14-4-6-17(7-5-14)23-27(25,26)18-10-8-16(9-11-18)22-19(24)13-2-1-3-15(21)12-13/h1-12,23H,(H,22,24). The minimum atomic E-state index is -3.72. The maximum atomic E-state index is 12.5. The molecular formula is C19H14BrClN2O3S. The van der Waals surface area contributed by atoms with Gasteiger partial charge in [0.15, 0.2) is 0 Å². The second-order valence-corrected chi connectivity index (χ2v) is 8.64. The van der Waals surface area contributed by atoms with Crippen LogP contribution in [-0.4, -0.2) is 14.3 Å². The van der Waals surface area contributed by atoms with Crippen LogP contribution >= 0.6 is 27.5 Å². The van der Waals surface area contributed by atoms with Crippen molar-refractivity contribution in [3.63, 3.8) is 0 Å². The highest BCUT2D eigenvalue weighted by molar-refractivity contribution is 9.10. The van der Waals surface area contributed by atoms with Gasteiger partial charge in [-0.3, -0.25) is 9.52 Å². The van der Waals surface area contributed by atoms with Crippen LogP contribution in [0.3, 0.4) is 0 Å². The maximum absolute atomic E-state index is 12.5. The number of hydrogen-bond donors (Lipinski definition) is 2. The first-order chi connectivity index (χ1) is 12.8. The Kier molecular flexibility index (Phi) is 5.84. The zero-order chi connectivity index (χ0) is 19.4. The number of sulfonamides is 1. The maximum Gasteiger partial charge on any atom is 0.261 e. The van der Waals surface area contributed by atoms with E-state index in [0.29, 0.717) is 22.0 Å². The van der Waals surface area contributed by atoms with Gasteiger partial charge in [-0.25, -0.2) is 8.42 Å². The van der Waals surface area contributed by atoms with Gasteiger partial charge in [0, 0.05) is 26.4 Å². The molecule has 0 aliphatic heterocycles. The lowest BCUT2D eigenvalue weighted by Crippen LogP contribution is -2.14. The van der Waals surface area contributed by atoms with Gasteiger partial charge in [0.2, 0.25) is 0 Å². The highest BCUT2D eigenvalue weighted by Crippen LogP contribution is 2.20. The summed E-state index contributed by atoms with van der Waals surface area (Å²) in [5.41, 5.74) is 1.34. The molecule has 0 aliphatic carbocycles. The van der Waals surface area contributed by atoms with Crippen molar-refractivity contribution >= 4 is 54.8 Å². The van der Waals surface area contributed by atoms with Crippen molar-refractivity contribution in [1.82, 2.24) is 0 Å². The van der Waals surface area contributed by atoms with Crippen LogP contribution < -0.4 is 10.0 Å². The van der Waals surface area contributed by atoms with Crippen molar-refractivity contribution in [1.29, 1.82) is 0 Å². The number of nitrogens with one attached hydrogen (secondary N) is 2. The van der Waals surface area contributed by atoms with Crippen LogP contribution in [-0.2, 0) is 10.0 Å². The smallest absolute Gasteiger partial charge is 0.261 e. The molecule has 138 valence electrons. The number of anilines is 2. The normalized spacial score (nSPS) is 11.0. The van der Waals surface area contributed by atoms with Gasteiger partial charge in [0.25, 0.3) is 15.9 Å². The zero-order valence-corrected chi connectivity index (χ0v) is 17.0. The summed E-state index contributed by atoms with van der Waals surface area (Å²) in [6, 6.07) is 19.2. The molecule has 0 aliphatic rings. The summed E-state index contributed by atoms with van der Waals surface area (Å²) in [5.74, 6) is -0.332. The summed E-state index contributed by atoms with van der Waals surface area (Å²) < 4.78 is 28.3. The molecule has 8 heteroatoms. The Labute approximate surface area is 170 Å². The lowest BCUT2D eigenvalue weighted by Gasteiger charge is -2.10. The molecule has 0 spiro atoms. The van der Waals surface area contributed by atoms with E-state index in [4.69, 9.17) is 11.6 Å². The SMILES string of the molecule is O=C(Nc1ccc(S(=O)(=O)Nc2ccc(Br)cc2)cc1)c1cccc(Cl)c1. The van der Waals surface area contributed by atoms with Gasteiger partial charge in [-0.1, -0.05) is 33.6 Å². The first-order valence-electron chi connectivity index (χ1n) is 7.79. The molecule has 0 radical (unpaired) electrons. The average molecular weight is 466 g/mol. The third-order valence-electron chi connectivity index (χ3n) is 3.61. The second-order valence-electron chi connectivity index (χ2n) is 5.60. The van der Waals surface area contributed by atoms with E-state index in [-0.39, 0.29) is 10.8 Å². The van der Waals surface area contributed by atoms with E-state index in [1.807, 2.05) is 0 Å². The lowest BCUT2D eigenvalue weighted by atomic mass is 10.2. The number of amides is 1. The van der Waals surface area contributed by atoms with E-state index in [0.717, 1.165) is 4.47 Å². The molecule has 0 bridgehead atoms. The Balaban J connectivity index is 1.72. The van der Waals surface area contributed by atoms with Gasteiger partial charge in [0.05, 0.1) is 4.90 Å². The summed E-state index contributed by atoms with van der Waals surface area (Å²) in [7, 11) is -3.72. The molecule has 3 rings (SSSR count).